The van der Waals surface area contributed by atoms with Crippen LogP contribution in [-0.2, 0) is 33.0 Å². The topological polar surface area (TPSA) is 131 Å². The van der Waals surface area contributed by atoms with Crippen molar-refractivity contribution in [1.82, 2.24) is 10.6 Å². The van der Waals surface area contributed by atoms with E-state index in [1.807, 2.05) is 13.0 Å². The zero-order chi connectivity index (χ0) is 21.7. The molecule has 2 aromatic rings. The summed E-state index contributed by atoms with van der Waals surface area (Å²) in [5.74, 6) is 0.554. The summed E-state index contributed by atoms with van der Waals surface area (Å²) in [6, 6.07) is 11.5. The van der Waals surface area contributed by atoms with Gasteiger partial charge in [0.05, 0.1) is 16.3 Å². The van der Waals surface area contributed by atoms with Gasteiger partial charge in [-0.25, -0.2) is 27.0 Å². The van der Waals surface area contributed by atoms with Gasteiger partial charge in [-0.15, -0.1) is 0 Å². The molecule has 0 unspecified atom stereocenters. The van der Waals surface area contributed by atoms with Gasteiger partial charge in [0.1, 0.15) is 0 Å². The van der Waals surface area contributed by atoms with Crippen LogP contribution in [0.5, 0.6) is 0 Å². The van der Waals surface area contributed by atoms with Crippen molar-refractivity contribution in [2.24, 2.45) is 10.1 Å². The highest BCUT2D eigenvalue weighted by molar-refractivity contribution is 7.90. The number of primary sulfonamides is 1. The second-order valence-corrected chi connectivity index (χ2v) is 10.2. The van der Waals surface area contributed by atoms with Crippen molar-refractivity contribution in [3.05, 3.63) is 59.2 Å². The van der Waals surface area contributed by atoms with Crippen LogP contribution in [0.15, 0.2) is 57.2 Å². The lowest BCUT2D eigenvalue weighted by Gasteiger charge is -2.13. The number of rotatable bonds is 7. The Bertz CT molecular complexity index is 1110. The van der Waals surface area contributed by atoms with Crippen LogP contribution in [0.1, 0.15) is 23.6 Å². The zero-order valence-electron chi connectivity index (χ0n) is 16.6. The molecule has 0 bridgehead atoms. The number of hydrogen-bond acceptors (Lipinski definition) is 5. The molecule has 29 heavy (non-hydrogen) atoms. The van der Waals surface area contributed by atoms with Gasteiger partial charge in [-0.2, -0.15) is 0 Å². The van der Waals surface area contributed by atoms with E-state index >= 15 is 0 Å². The summed E-state index contributed by atoms with van der Waals surface area (Å²) in [7, 11) is -7.01. The van der Waals surface area contributed by atoms with Crippen LogP contribution < -0.4 is 15.8 Å². The van der Waals surface area contributed by atoms with E-state index in [4.69, 9.17) is 5.14 Å². The van der Waals surface area contributed by atoms with Crippen LogP contribution >= 0.6 is 0 Å². The molecule has 0 atom stereocenters. The average molecular weight is 439 g/mol. The maximum Gasteiger partial charge on any atom is 0.238 e. The Kier molecular flexibility index (Phi) is 7.39. The maximum absolute atomic E-state index is 11.7. The number of nitrogens with zero attached hydrogens (tertiary/aromatic N) is 1. The quantitative estimate of drug-likeness (QED) is 0.441. The van der Waals surface area contributed by atoms with E-state index in [2.05, 4.69) is 15.6 Å². The van der Waals surface area contributed by atoms with Crippen LogP contribution in [0.25, 0.3) is 0 Å². The highest BCUT2D eigenvalue weighted by Crippen LogP contribution is 2.16. The Morgan fingerprint density at radius 1 is 1.03 bits per heavy atom. The molecule has 0 fully saturated rings. The van der Waals surface area contributed by atoms with E-state index < -0.39 is 19.9 Å². The van der Waals surface area contributed by atoms with Crippen molar-refractivity contribution in [2.75, 3.05) is 12.8 Å². The van der Waals surface area contributed by atoms with Crippen molar-refractivity contribution in [2.45, 2.75) is 36.7 Å². The molecule has 0 aliphatic heterocycles. The average Bonchev–Trinajstić information content (AvgIpc) is 2.62. The highest BCUT2D eigenvalue weighted by atomic mass is 32.2. The molecule has 0 heterocycles. The number of hydrogen-bond donors (Lipinski definition) is 3. The van der Waals surface area contributed by atoms with Gasteiger partial charge in [-0.1, -0.05) is 24.3 Å². The molecule has 0 saturated heterocycles. The number of sulfonamides is 1. The fraction of sp³-hybridized carbons (Fsp3) is 0.316. The Labute approximate surface area is 172 Å². The Morgan fingerprint density at radius 3 is 2.34 bits per heavy atom. The lowest BCUT2D eigenvalue weighted by atomic mass is 10.1. The molecule has 10 heteroatoms. The van der Waals surface area contributed by atoms with Gasteiger partial charge < -0.3 is 10.6 Å². The number of nitrogens with one attached hydrogen (secondary N) is 2. The first-order valence-electron chi connectivity index (χ1n) is 8.94. The zero-order valence-corrected chi connectivity index (χ0v) is 18.3. The normalized spacial score (nSPS) is 12.6. The SMILES string of the molecule is CCNC(=NCc1cccc(S(N)(=O)=O)c1)NCc1ccc(S(C)(=O)=O)c(C)c1. The number of nitrogens with two attached hydrogens (primary N) is 1. The molecule has 0 amide bonds. The minimum Gasteiger partial charge on any atom is -0.357 e. The molecule has 2 rings (SSSR count). The number of aryl methyl sites for hydroxylation is 1. The fourth-order valence-corrected chi connectivity index (χ4v) is 4.30. The minimum atomic E-state index is -3.76. The second-order valence-electron chi connectivity index (χ2n) is 6.61. The first-order valence-corrected chi connectivity index (χ1v) is 12.4. The number of benzene rings is 2. The van der Waals surface area contributed by atoms with E-state index in [1.54, 1.807) is 31.2 Å². The smallest absolute Gasteiger partial charge is 0.238 e. The number of guanidine groups is 1. The summed E-state index contributed by atoms with van der Waals surface area (Å²) in [5, 5.41) is 11.5. The van der Waals surface area contributed by atoms with Gasteiger partial charge in [0, 0.05) is 19.3 Å². The van der Waals surface area contributed by atoms with Gasteiger partial charge in [0.25, 0.3) is 0 Å². The van der Waals surface area contributed by atoms with Crippen LogP contribution in [0.3, 0.4) is 0 Å². The monoisotopic (exact) mass is 438 g/mol. The van der Waals surface area contributed by atoms with Crippen molar-refractivity contribution in [1.29, 1.82) is 0 Å². The van der Waals surface area contributed by atoms with E-state index in [1.165, 1.54) is 18.4 Å². The Hall–Kier alpha value is -2.43. The molecule has 158 valence electrons. The standard InChI is InChI=1S/C19H26N4O4S2/c1-4-21-19(22-12-15-6-5-7-17(11-15)29(20,26)27)23-13-16-8-9-18(14(2)10-16)28(3,24)25/h5-11H,4,12-13H2,1-3H3,(H2,20,26,27)(H2,21,22,23). The molecule has 0 saturated carbocycles. The first kappa shape index (κ1) is 22.9. The van der Waals surface area contributed by atoms with E-state index in [9.17, 15) is 16.8 Å². The van der Waals surface area contributed by atoms with Gasteiger partial charge in [-0.05, 0) is 48.7 Å². The van der Waals surface area contributed by atoms with Crippen LogP contribution in [-0.4, -0.2) is 35.6 Å². The molecule has 4 N–H and O–H groups in total. The molecule has 0 spiro atoms. The molecule has 0 radical (unpaired) electrons. The van der Waals surface area contributed by atoms with E-state index in [0.29, 0.717) is 35.1 Å². The van der Waals surface area contributed by atoms with Crippen LogP contribution in [0.2, 0.25) is 0 Å². The third-order valence-corrected chi connectivity index (χ3v) is 6.26. The lowest BCUT2D eigenvalue weighted by molar-refractivity contribution is 0.597. The summed E-state index contributed by atoms with van der Waals surface area (Å²) in [5.41, 5.74) is 2.31. The van der Waals surface area contributed by atoms with Gasteiger partial charge >= 0.3 is 0 Å². The van der Waals surface area contributed by atoms with Gasteiger partial charge in [0.15, 0.2) is 15.8 Å². The van der Waals surface area contributed by atoms with Crippen LogP contribution in [0, 0.1) is 6.92 Å². The van der Waals surface area contributed by atoms with Crippen molar-refractivity contribution in [3.63, 3.8) is 0 Å². The predicted molar refractivity (Wildman–Crippen MR) is 114 cm³/mol. The number of sulfone groups is 1. The Morgan fingerprint density at radius 2 is 1.76 bits per heavy atom. The van der Waals surface area contributed by atoms with Crippen LogP contribution in [0.4, 0.5) is 0 Å². The molecule has 0 aromatic heterocycles. The molecule has 2 aromatic carbocycles. The number of aliphatic imine (C=N–C) groups is 1. The third-order valence-electron chi connectivity index (χ3n) is 4.09. The van der Waals surface area contributed by atoms with E-state index in [-0.39, 0.29) is 11.4 Å². The Balaban J connectivity index is 2.11. The van der Waals surface area contributed by atoms with E-state index in [0.717, 1.165) is 5.56 Å². The molecule has 0 aliphatic carbocycles. The summed E-state index contributed by atoms with van der Waals surface area (Å²) >= 11 is 0. The summed E-state index contributed by atoms with van der Waals surface area (Å²) < 4.78 is 46.4. The molecule has 8 nitrogen and oxygen atoms in total. The first-order chi connectivity index (χ1) is 13.5. The second kappa shape index (κ2) is 9.38. The fourth-order valence-electron chi connectivity index (χ4n) is 2.76. The molecular weight excluding hydrogens is 412 g/mol. The summed E-state index contributed by atoms with van der Waals surface area (Å²) in [6.45, 7) is 5.06. The van der Waals surface area contributed by atoms with Gasteiger partial charge in [0.2, 0.25) is 10.0 Å². The third kappa shape index (κ3) is 6.84. The maximum atomic E-state index is 11.7. The summed E-state index contributed by atoms with van der Waals surface area (Å²) in [6.07, 6.45) is 1.19. The minimum absolute atomic E-state index is 0.0459. The van der Waals surface area contributed by atoms with Gasteiger partial charge in [-0.3, -0.25) is 0 Å². The largest absolute Gasteiger partial charge is 0.357 e. The predicted octanol–water partition coefficient (Wildman–Crippen LogP) is 1.30. The van der Waals surface area contributed by atoms with Crippen molar-refractivity contribution < 1.29 is 16.8 Å². The highest BCUT2D eigenvalue weighted by Gasteiger charge is 2.11. The van der Waals surface area contributed by atoms with Crippen molar-refractivity contribution in [3.8, 4) is 0 Å². The summed E-state index contributed by atoms with van der Waals surface area (Å²) in [4.78, 5) is 4.83. The van der Waals surface area contributed by atoms with Crippen molar-refractivity contribution >= 4 is 25.8 Å². The molecular formula is C19H26N4O4S2. The lowest BCUT2D eigenvalue weighted by Crippen LogP contribution is -2.36. The molecule has 0 aliphatic rings.